The zero-order valence-corrected chi connectivity index (χ0v) is 12.4. The minimum absolute atomic E-state index is 0.688. The van der Waals surface area contributed by atoms with Gasteiger partial charge in [0.05, 0.1) is 6.54 Å². The first-order chi connectivity index (χ1) is 9.24. The number of unbranched alkanes of at least 4 members (excludes halogenated alkanes) is 1. The van der Waals surface area contributed by atoms with E-state index in [0.717, 1.165) is 43.6 Å². The van der Waals surface area contributed by atoms with E-state index in [1.165, 1.54) is 25.7 Å². The summed E-state index contributed by atoms with van der Waals surface area (Å²) in [5, 5.41) is 6.95. The van der Waals surface area contributed by atoms with Gasteiger partial charge in [0.15, 0.2) is 0 Å². The van der Waals surface area contributed by atoms with E-state index in [-0.39, 0.29) is 0 Å². The number of furan rings is 1. The van der Waals surface area contributed by atoms with E-state index < -0.39 is 0 Å². The maximum Gasteiger partial charge on any atom is 0.117 e. The van der Waals surface area contributed by atoms with E-state index in [4.69, 9.17) is 4.42 Å². The molecule has 0 aliphatic heterocycles. The maximum atomic E-state index is 5.82. The first-order valence-corrected chi connectivity index (χ1v) is 7.75. The molecule has 0 radical (unpaired) electrons. The molecular weight excluding hydrogens is 236 g/mol. The average Bonchev–Trinajstić information content (AvgIpc) is 3.08. The number of hydrogen-bond donors (Lipinski definition) is 2. The molecule has 2 rings (SSSR count). The Bertz CT molecular complexity index is 355. The van der Waals surface area contributed by atoms with Crippen molar-refractivity contribution in [3.8, 4) is 0 Å². The monoisotopic (exact) mass is 264 g/mol. The highest BCUT2D eigenvalue weighted by molar-refractivity contribution is 5.07. The number of rotatable bonds is 10. The van der Waals surface area contributed by atoms with Gasteiger partial charge in [0.2, 0.25) is 0 Å². The highest BCUT2D eigenvalue weighted by Crippen LogP contribution is 2.18. The predicted molar refractivity (Wildman–Crippen MR) is 79.2 cm³/mol. The fourth-order valence-electron chi connectivity index (χ4n) is 2.15. The van der Waals surface area contributed by atoms with Gasteiger partial charge in [-0.15, -0.1) is 0 Å². The quantitative estimate of drug-likeness (QED) is 0.638. The third kappa shape index (κ3) is 6.26. The summed E-state index contributed by atoms with van der Waals surface area (Å²) in [5.41, 5.74) is 0. The minimum Gasteiger partial charge on any atom is -0.465 e. The topological polar surface area (TPSA) is 37.2 Å². The fraction of sp³-hybridized carbons (Fsp3) is 0.750. The van der Waals surface area contributed by atoms with Crippen LogP contribution in [0.3, 0.4) is 0 Å². The molecule has 19 heavy (non-hydrogen) atoms. The van der Waals surface area contributed by atoms with Crippen LogP contribution in [-0.4, -0.2) is 19.1 Å². The molecule has 1 aliphatic rings. The van der Waals surface area contributed by atoms with Gasteiger partial charge in [0.25, 0.3) is 0 Å². The largest absolute Gasteiger partial charge is 0.465 e. The van der Waals surface area contributed by atoms with E-state index in [0.29, 0.717) is 5.92 Å². The van der Waals surface area contributed by atoms with Crippen LogP contribution in [-0.2, 0) is 13.0 Å². The molecule has 1 aromatic rings. The Labute approximate surface area is 117 Å². The van der Waals surface area contributed by atoms with E-state index in [9.17, 15) is 0 Å². The molecular formula is C16H28N2O. The molecule has 1 aliphatic carbocycles. The van der Waals surface area contributed by atoms with Crippen LogP contribution in [0.5, 0.6) is 0 Å². The molecule has 1 saturated carbocycles. The lowest BCUT2D eigenvalue weighted by atomic mass is 10.2. The Morgan fingerprint density at radius 2 is 2.00 bits per heavy atom. The number of aryl methyl sites for hydroxylation is 1. The van der Waals surface area contributed by atoms with Crippen LogP contribution in [0.4, 0.5) is 0 Å². The third-order valence-corrected chi connectivity index (χ3v) is 3.43. The second kappa shape index (κ2) is 7.71. The van der Waals surface area contributed by atoms with E-state index in [2.05, 4.69) is 36.6 Å². The smallest absolute Gasteiger partial charge is 0.117 e. The van der Waals surface area contributed by atoms with Gasteiger partial charge in [-0.1, -0.05) is 13.8 Å². The van der Waals surface area contributed by atoms with E-state index >= 15 is 0 Å². The van der Waals surface area contributed by atoms with Crippen LogP contribution in [0.1, 0.15) is 51.1 Å². The Morgan fingerprint density at radius 1 is 1.21 bits per heavy atom. The molecule has 0 amide bonds. The van der Waals surface area contributed by atoms with Crippen LogP contribution in [0.15, 0.2) is 16.5 Å². The highest BCUT2D eigenvalue weighted by atomic mass is 16.3. The first kappa shape index (κ1) is 14.6. The Balaban J connectivity index is 1.54. The van der Waals surface area contributed by atoms with Crippen LogP contribution in [0.2, 0.25) is 0 Å². The zero-order valence-electron chi connectivity index (χ0n) is 12.4. The van der Waals surface area contributed by atoms with Crippen molar-refractivity contribution in [1.29, 1.82) is 0 Å². The Hall–Kier alpha value is -0.800. The van der Waals surface area contributed by atoms with Crippen LogP contribution in [0.25, 0.3) is 0 Å². The minimum atomic E-state index is 0.688. The molecule has 0 aromatic carbocycles. The van der Waals surface area contributed by atoms with Crippen LogP contribution in [0, 0.1) is 5.92 Å². The lowest BCUT2D eigenvalue weighted by Gasteiger charge is -2.05. The van der Waals surface area contributed by atoms with Crippen molar-refractivity contribution in [1.82, 2.24) is 10.6 Å². The molecule has 0 saturated heterocycles. The Morgan fingerprint density at radius 3 is 2.74 bits per heavy atom. The summed E-state index contributed by atoms with van der Waals surface area (Å²) in [7, 11) is 0. The van der Waals surface area contributed by atoms with Gasteiger partial charge >= 0.3 is 0 Å². The molecule has 108 valence electrons. The third-order valence-electron chi connectivity index (χ3n) is 3.43. The lowest BCUT2D eigenvalue weighted by Crippen LogP contribution is -2.18. The normalized spacial score (nSPS) is 15.3. The summed E-state index contributed by atoms with van der Waals surface area (Å²) in [4.78, 5) is 0. The summed E-state index contributed by atoms with van der Waals surface area (Å²) >= 11 is 0. The van der Waals surface area contributed by atoms with Crippen molar-refractivity contribution in [3.05, 3.63) is 23.7 Å². The average molecular weight is 264 g/mol. The molecule has 1 fully saturated rings. The van der Waals surface area contributed by atoms with E-state index in [1.807, 2.05) is 0 Å². The molecule has 0 bridgehead atoms. The van der Waals surface area contributed by atoms with E-state index in [1.54, 1.807) is 0 Å². The van der Waals surface area contributed by atoms with Crippen molar-refractivity contribution >= 4 is 0 Å². The molecule has 1 heterocycles. The number of hydrogen-bond acceptors (Lipinski definition) is 3. The predicted octanol–water partition coefficient (Wildman–Crippen LogP) is 3.10. The SMILES string of the molecule is CC(C)CNCc1ccc(CCCCNC2CC2)o1. The van der Waals surface area contributed by atoms with Crippen LogP contribution >= 0.6 is 0 Å². The van der Waals surface area contributed by atoms with Crippen molar-refractivity contribution in [2.75, 3.05) is 13.1 Å². The first-order valence-electron chi connectivity index (χ1n) is 7.75. The van der Waals surface area contributed by atoms with Crippen molar-refractivity contribution < 1.29 is 4.42 Å². The summed E-state index contributed by atoms with van der Waals surface area (Å²) in [6, 6.07) is 5.06. The van der Waals surface area contributed by atoms with Crippen LogP contribution < -0.4 is 10.6 Å². The summed E-state index contributed by atoms with van der Waals surface area (Å²) in [5.74, 6) is 2.88. The Kier molecular flexibility index (Phi) is 5.93. The number of nitrogens with one attached hydrogen (secondary N) is 2. The maximum absolute atomic E-state index is 5.82. The molecule has 1 aromatic heterocycles. The molecule has 0 unspecified atom stereocenters. The molecule has 3 heteroatoms. The van der Waals surface area contributed by atoms with Gasteiger partial charge in [-0.3, -0.25) is 0 Å². The second-order valence-corrected chi connectivity index (χ2v) is 6.08. The van der Waals surface area contributed by atoms with Crippen molar-refractivity contribution in [2.45, 2.75) is 58.5 Å². The van der Waals surface area contributed by atoms with Crippen molar-refractivity contribution in [3.63, 3.8) is 0 Å². The van der Waals surface area contributed by atoms with Gasteiger partial charge in [-0.05, 0) is 56.8 Å². The zero-order chi connectivity index (χ0) is 13.5. The van der Waals surface area contributed by atoms with Gasteiger partial charge in [-0.2, -0.15) is 0 Å². The van der Waals surface area contributed by atoms with Crippen molar-refractivity contribution in [2.24, 2.45) is 5.92 Å². The summed E-state index contributed by atoms with van der Waals surface area (Å²) < 4.78 is 5.82. The molecule has 3 nitrogen and oxygen atoms in total. The molecule has 0 spiro atoms. The summed E-state index contributed by atoms with van der Waals surface area (Å²) in [6.07, 6.45) is 6.29. The lowest BCUT2D eigenvalue weighted by molar-refractivity contribution is 0.430. The van der Waals surface area contributed by atoms with Gasteiger partial charge < -0.3 is 15.1 Å². The second-order valence-electron chi connectivity index (χ2n) is 6.08. The standard InChI is InChI=1S/C16H28N2O/c1-13(2)11-17-12-16-9-8-15(19-16)5-3-4-10-18-14-6-7-14/h8-9,13-14,17-18H,3-7,10-12H2,1-2H3. The highest BCUT2D eigenvalue weighted by Gasteiger charge is 2.19. The summed E-state index contributed by atoms with van der Waals surface area (Å²) in [6.45, 7) is 7.49. The van der Waals surface area contributed by atoms with Gasteiger partial charge in [-0.25, -0.2) is 0 Å². The fourth-order valence-corrected chi connectivity index (χ4v) is 2.15. The molecule has 0 atom stereocenters. The molecule has 2 N–H and O–H groups in total. The van der Waals surface area contributed by atoms with Gasteiger partial charge in [0.1, 0.15) is 11.5 Å². The van der Waals surface area contributed by atoms with Gasteiger partial charge in [0, 0.05) is 12.5 Å².